The topological polar surface area (TPSA) is 82.5 Å². The summed E-state index contributed by atoms with van der Waals surface area (Å²) in [4.78, 5) is 33.1. The molecule has 3 aromatic rings. The number of carboxylic acid groups (broad SMARTS) is 1. The molecule has 37 heavy (non-hydrogen) atoms. The van der Waals surface area contributed by atoms with Crippen molar-refractivity contribution in [3.63, 3.8) is 0 Å². The van der Waals surface area contributed by atoms with E-state index >= 15 is 0 Å². The number of nitrogens with one attached hydrogen (secondary N) is 1. The average molecular weight is 536 g/mol. The van der Waals surface area contributed by atoms with Gasteiger partial charge in [0.2, 0.25) is 0 Å². The van der Waals surface area contributed by atoms with Crippen LogP contribution in [0.5, 0.6) is 0 Å². The van der Waals surface area contributed by atoms with Crippen molar-refractivity contribution in [3.05, 3.63) is 62.9 Å². The lowest BCUT2D eigenvalue weighted by atomic mass is 9.75. The predicted octanol–water partition coefficient (Wildman–Crippen LogP) is 7.13. The van der Waals surface area contributed by atoms with E-state index in [1.165, 1.54) is 59.5 Å². The number of carboxylic acids is 1. The van der Waals surface area contributed by atoms with E-state index in [9.17, 15) is 14.7 Å². The minimum Gasteiger partial charge on any atom is -0.477 e. The van der Waals surface area contributed by atoms with Crippen molar-refractivity contribution in [2.45, 2.75) is 46.0 Å². The van der Waals surface area contributed by atoms with Gasteiger partial charge in [0.15, 0.2) is 0 Å². The number of aromatic carboxylic acids is 1. The molecule has 2 aliphatic rings. The number of hydrogen-bond acceptors (Lipinski definition) is 6. The van der Waals surface area contributed by atoms with E-state index in [-0.39, 0.29) is 5.91 Å². The van der Waals surface area contributed by atoms with Crippen molar-refractivity contribution in [1.82, 2.24) is 9.88 Å². The van der Waals surface area contributed by atoms with Gasteiger partial charge in [0.1, 0.15) is 9.75 Å². The molecule has 194 valence electrons. The minimum atomic E-state index is -0.860. The molecule has 1 saturated carbocycles. The molecule has 2 aromatic heterocycles. The molecule has 0 bridgehead atoms. The van der Waals surface area contributed by atoms with Crippen molar-refractivity contribution in [1.29, 1.82) is 0 Å². The van der Waals surface area contributed by atoms with Crippen LogP contribution in [-0.4, -0.2) is 46.5 Å². The molecular formula is C29H33N3O3S2. The van der Waals surface area contributed by atoms with E-state index in [2.05, 4.69) is 35.1 Å². The number of likely N-dealkylation sites (N-methyl/N-ethyl adjacent to an activating group) is 1. The van der Waals surface area contributed by atoms with Crippen LogP contribution in [0.4, 0.5) is 5.69 Å². The molecule has 8 heteroatoms. The zero-order valence-electron chi connectivity index (χ0n) is 21.3. The molecule has 1 aliphatic carbocycles. The third-order valence-corrected chi connectivity index (χ3v) is 9.69. The van der Waals surface area contributed by atoms with Crippen LogP contribution in [0, 0.1) is 11.8 Å². The Morgan fingerprint density at radius 3 is 2.57 bits per heavy atom. The highest BCUT2D eigenvalue weighted by atomic mass is 32.1. The summed E-state index contributed by atoms with van der Waals surface area (Å²) in [5.74, 6) is 0.286. The molecule has 0 saturated heterocycles. The van der Waals surface area contributed by atoms with Gasteiger partial charge in [-0.25, -0.2) is 4.79 Å². The monoisotopic (exact) mass is 535 g/mol. The molecule has 0 radical (unpaired) electrons. The first kappa shape index (κ1) is 25.8. The molecule has 1 fully saturated rings. The Kier molecular flexibility index (Phi) is 7.88. The molecule has 5 rings (SSSR count). The fraction of sp³-hybridized carbons (Fsp3) is 0.414. The zero-order valence-corrected chi connectivity index (χ0v) is 23.0. The third kappa shape index (κ3) is 5.71. The van der Waals surface area contributed by atoms with E-state index in [0.29, 0.717) is 21.4 Å². The summed E-state index contributed by atoms with van der Waals surface area (Å²) < 4.78 is 0. The number of nitrogens with zero attached hydrogens (tertiary/aromatic N) is 2. The van der Waals surface area contributed by atoms with Gasteiger partial charge in [-0.05, 0) is 72.6 Å². The van der Waals surface area contributed by atoms with Gasteiger partial charge in [-0.1, -0.05) is 38.8 Å². The second kappa shape index (κ2) is 11.3. The quantitative estimate of drug-likeness (QED) is 0.336. The van der Waals surface area contributed by atoms with Crippen molar-refractivity contribution in [2.75, 3.05) is 25.0 Å². The maximum absolute atomic E-state index is 12.4. The van der Waals surface area contributed by atoms with Crippen LogP contribution in [-0.2, 0) is 0 Å². The summed E-state index contributed by atoms with van der Waals surface area (Å²) >= 11 is 2.64. The summed E-state index contributed by atoms with van der Waals surface area (Å²) in [6.07, 6.45) is 7.35. The second-order valence-electron chi connectivity index (χ2n) is 10.1. The Hall–Kier alpha value is -2.81. The molecule has 0 unspecified atom stereocenters. The van der Waals surface area contributed by atoms with Gasteiger partial charge in [0, 0.05) is 29.2 Å². The fourth-order valence-electron chi connectivity index (χ4n) is 5.56. The maximum atomic E-state index is 12.4. The number of amides is 1. The number of rotatable bonds is 7. The highest BCUT2D eigenvalue weighted by Crippen LogP contribution is 2.43. The van der Waals surface area contributed by atoms with Gasteiger partial charge in [0.05, 0.1) is 11.7 Å². The Balaban J connectivity index is 1.45. The molecule has 2 N–H and O–H groups in total. The highest BCUT2D eigenvalue weighted by Gasteiger charge is 2.30. The van der Waals surface area contributed by atoms with Gasteiger partial charge < -0.3 is 10.4 Å². The molecule has 3 heterocycles. The van der Waals surface area contributed by atoms with Gasteiger partial charge >= 0.3 is 5.97 Å². The first-order valence-electron chi connectivity index (χ1n) is 13.0. The lowest BCUT2D eigenvalue weighted by molar-refractivity contribution is 0.0701. The number of anilines is 1. The summed E-state index contributed by atoms with van der Waals surface area (Å²) in [5, 5.41) is 13.0. The first-order valence-corrected chi connectivity index (χ1v) is 14.7. The van der Waals surface area contributed by atoms with Crippen LogP contribution in [0.2, 0.25) is 0 Å². The van der Waals surface area contributed by atoms with Gasteiger partial charge in [-0.2, -0.15) is 0 Å². The third-order valence-electron chi connectivity index (χ3n) is 7.75. The largest absolute Gasteiger partial charge is 0.477 e. The van der Waals surface area contributed by atoms with Crippen molar-refractivity contribution in [2.24, 2.45) is 11.8 Å². The molecule has 1 amide bonds. The van der Waals surface area contributed by atoms with E-state index in [1.807, 2.05) is 24.3 Å². The van der Waals surface area contributed by atoms with Gasteiger partial charge in [-0.15, -0.1) is 22.7 Å². The zero-order chi connectivity index (χ0) is 25.9. The molecule has 1 aromatic carbocycles. The number of hydrogen-bond donors (Lipinski definition) is 2. The first-order chi connectivity index (χ1) is 17.9. The molecule has 1 aliphatic heterocycles. The molecule has 0 spiro atoms. The van der Waals surface area contributed by atoms with E-state index in [0.717, 1.165) is 48.0 Å². The summed E-state index contributed by atoms with van der Waals surface area (Å²) in [5.41, 5.74) is 6.91. The molecular weight excluding hydrogens is 502 g/mol. The smallest absolute Gasteiger partial charge is 0.346 e. The molecule has 6 nitrogen and oxygen atoms in total. The molecule has 0 atom stereocenters. The Labute approximate surface area is 226 Å². The summed E-state index contributed by atoms with van der Waals surface area (Å²) in [7, 11) is 0. The van der Waals surface area contributed by atoms with Crippen molar-refractivity contribution < 1.29 is 14.7 Å². The number of thiophene rings is 1. The second-order valence-corrected chi connectivity index (χ2v) is 12.1. The number of thiazole rings is 1. The Morgan fingerprint density at radius 2 is 1.92 bits per heavy atom. The number of carbonyl (C=O) groups is 2. The average Bonchev–Trinajstić information content (AvgIpc) is 3.60. The van der Waals surface area contributed by atoms with E-state index < -0.39 is 5.97 Å². The normalized spacial score (nSPS) is 20.7. The van der Waals surface area contributed by atoms with Gasteiger partial charge in [-0.3, -0.25) is 14.7 Å². The minimum absolute atomic E-state index is 0.184. The Bertz CT molecular complexity index is 1290. The summed E-state index contributed by atoms with van der Waals surface area (Å²) in [6.45, 7) is 7.49. The van der Waals surface area contributed by atoms with Gasteiger partial charge in [0.25, 0.3) is 5.91 Å². The van der Waals surface area contributed by atoms with Crippen LogP contribution < -0.4 is 5.32 Å². The fourth-order valence-corrected chi connectivity index (χ4v) is 7.11. The predicted molar refractivity (Wildman–Crippen MR) is 152 cm³/mol. The lowest BCUT2D eigenvalue weighted by Gasteiger charge is -2.36. The van der Waals surface area contributed by atoms with Crippen LogP contribution in [0.1, 0.15) is 70.9 Å². The van der Waals surface area contributed by atoms with Crippen LogP contribution in [0.15, 0.2) is 47.6 Å². The standard InChI is InChI=1S/C29H33N3O3S2/c1-3-32-13-12-22(24(16-32)19-6-4-18(2)5-7-19)23-14-25(37-27(23)29(34)35)20-8-10-21(11-9-20)31-28(33)26-15-30-17-36-26/h8-11,14-15,17-19H,3-7,12-13,16H2,1-2H3,(H,31,33)(H,34,35). The van der Waals surface area contributed by atoms with E-state index in [4.69, 9.17) is 0 Å². The Morgan fingerprint density at radius 1 is 1.16 bits per heavy atom. The lowest BCUT2D eigenvalue weighted by Crippen LogP contribution is -2.34. The van der Waals surface area contributed by atoms with Crippen molar-refractivity contribution in [3.8, 4) is 10.4 Å². The van der Waals surface area contributed by atoms with E-state index in [1.54, 1.807) is 11.7 Å². The SMILES string of the molecule is CCN1CCC(c2cc(-c3ccc(NC(=O)c4cncs4)cc3)sc2C(=O)O)=C(C2CCC(C)CC2)C1. The number of benzene rings is 1. The van der Waals surface area contributed by atoms with Crippen LogP contribution >= 0.6 is 22.7 Å². The maximum Gasteiger partial charge on any atom is 0.346 e. The summed E-state index contributed by atoms with van der Waals surface area (Å²) in [6, 6.07) is 9.70. The van der Waals surface area contributed by atoms with Crippen LogP contribution in [0.3, 0.4) is 0 Å². The number of carbonyl (C=O) groups excluding carboxylic acids is 1. The van der Waals surface area contributed by atoms with Crippen LogP contribution in [0.25, 0.3) is 16.0 Å². The van der Waals surface area contributed by atoms with Crippen molar-refractivity contribution >= 4 is 45.8 Å². The highest BCUT2D eigenvalue weighted by molar-refractivity contribution is 7.17. The number of aromatic nitrogens is 1.